The fourth-order valence-electron chi connectivity index (χ4n) is 1.79. The van der Waals surface area contributed by atoms with Crippen LogP contribution in [0.5, 0.6) is 0 Å². The molecule has 4 heteroatoms. The van der Waals surface area contributed by atoms with Gasteiger partial charge in [0.2, 0.25) is 0 Å². The van der Waals surface area contributed by atoms with Crippen LogP contribution >= 0.6 is 0 Å². The standard InChI is InChI=1S/C16H15N3O/c1-19-9-5-8-15(19)10-14(11-17)16(20)18-12-13-6-3-2-4-7-13/h2-10H,12H2,1H3,(H,18,20)/b14-10-. The topological polar surface area (TPSA) is 57.8 Å². The summed E-state index contributed by atoms with van der Waals surface area (Å²) < 4.78 is 1.85. The van der Waals surface area contributed by atoms with Crippen LogP contribution in [-0.2, 0) is 18.4 Å². The minimum atomic E-state index is -0.363. The van der Waals surface area contributed by atoms with Gasteiger partial charge in [-0.1, -0.05) is 30.3 Å². The molecule has 0 atom stereocenters. The predicted octanol–water partition coefficient (Wildman–Crippen LogP) is 2.25. The highest BCUT2D eigenvalue weighted by atomic mass is 16.1. The highest BCUT2D eigenvalue weighted by Gasteiger charge is 2.09. The molecule has 100 valence electrons. The largest absolute Gasteiger partial charge is 0.351 e. The van der Waals surface area contributed by atoms with E-state index in [1.165, 1.54) is 0 Å². The lowest BCUT2D eigenvalue weighted by molar-refractivity contribution is -0.117. The fraction of sp³-hybridized carbons (Fsp3) is 0.125. The fourth-order valence-corrected chi connectivity index (χ4v) is 1.79. The van der Waals surface area contributed by atoms with Crippen molar-refractivity contribution in [3.05, 3.63) is 65.5 Å². The number of nitriles is 1. The van der Waals surface area contributed by atoms with Gasteiger partial charge in [0.1, 0.15) is 11.6 Å². The van der Waals surface area contributed by atoms with Gasteiger partial charge in [-0.15, -0.1) is 0 Å². The molecule has 0 aliphatic heterocycles. The number of carbonyl (C=O) groups excluding carboxylic acids is 1. The molecule has 0 saturated carbocycles. The zero-order valence-electron chi connectivity index (χ0n) is 11.2. The Balaban J connectivity index is 2.05. The molecule has 1 aromatic carbocycles. The number of aromatic nitrogens is 1. The summed E-state index contributed by atoms with van der Waals surface area (Å²) in [7, 11) is 1.86. The summed E-state index contributed by atoms with van der Waals surface area (Å²) in [6.45, 7) is 0.409. The van der Waals surface area contributed by atoms with Crippen LogP contribution in [0.15, 0.2) is 54.2 Å². The number of carbonyl (C=O) groups is 1. The van der Waals surface area contributed by atoms with Gasteiger partial charge in [-0.25, -0.2) is 0 Å². The Kier molecular flexibility index (Phi) is 4.35. The second-order valence-electron chi connectivity index (χ2n) is 4.38. The van der Waals surface area contributed by atoms with Crippen molar-refractivity contribution in [3.8, 4) is 6.07 Å². The first kappa shape index (κ1) is 13.6. The summed E-state index contributed by atoms with van der Waals surface area (Å²) >= 11 is 0. The second kappa shape index (κ2) is 6.39. The molecule has 0 saturated heterocycles. The molecule has 4 nitrogen and oxygen atoms in total. The van der Waals surface area contributed by atoms with E-state index < -0.39 is 0 Å². The maximum Gasteiger partial charge on any atom is 0.262 e. The number of aryl methyl sites for hydroxylation is 1. The van der Waals surface area contributed by atoms with Crippen LogP contribution in [0.2, 0.25) is 0 Å². The Morgan fingerprint density at radius 3 is 2.65 bits per heavy atom. The van der Waals surface area contributed by atoms with E-state index in [-0.39, 0.29) is 11.5 Å². The van der Waals surface area contributed by atoms with Crippen molar-refractivity contribution in [2.24, 2.45) is 7.05 Å². The van der Waals surface area contributed by atoms with E-state index in [4.69, 9.17) is 5.26 Å². The highest BCUT2D eigenvalue weighted by Crippen LogP contribution is 2.07. The summed E-state index contributed by atoms with van der Waals surface area (Å²) in [4.78, 5) is 12.0. The van der Waals surface area contributed by atoms with E-state index in [1.807, 2.05) is 66.3 Å². The Morgan fingerprint density at radius 2 is 2.05 bits per heavy atom. The number of amides is 1. The lowest BCUT2D eigenvalue weighted by Gasteiger charge is -2.04. The van der Waals surface area contributed by atoms with Crippen molar-refractivity contribution in [1.29, 1.82) is 5.26 Å². The molecule has 1 amide bonds. The lowest BCUT2D eigenvalue weighted by atomic mass is 10.2. The molecule has 0 aliphatic rings. The summed E-state index contributed by atoms with van der Waals surface area (Å²) in [6.07, 6.45) is 3.45. The quantitative estimate of drug-likeness (QED) is 0.681. The summed E-state index contributed by atoms with van der Waals surface area (Å²) in [6, 6.07) is 15.2. The lowest BCUT2D eigenvalue weighted by Crippen LogP contribution is -2.24. The van der Waals surface area contributed by atoms with Gasteiger partial charge < -0.3 is 9.88 Å². The van der Waals surface area contributed by atoms with Crippen LogP contribution < -0.4 is 5.32 Å². The van der Waals surface area contributed by atoms with Crippen LogP contribution in [0.4, 0.5) is 0 Å². The summed E-state index contributed by atoms with van der Waals surface area (Å²) in [5.41, 5.74) is 1.91. The van der Waals surface area contributed by atoms with Crippen molar-refractivity contribution in [2.75, 3.05) is 0 Å². The summed E-state index contributed by atoms with van der Waals surface area (Å²) in [5.74, 6) is -0.363. The van der Waals surface area contributed by atoms with Crippen LogP contribution in [0.3, 0.4) is 0 Å². The van der Waals surface area contributed by atoms with Gasteiger partial charge in [-0.05, 0) is 23.8 Å². The Bertz CT molecular complexity index is 663. The average molecular weight is 265 g/mol. The van der Waals surface area contributed by atoms with Crippen molar-refractivity contribution in [1.82, 2.24) is 9.88 Å². The molecule has 1 heterocycles. The van der Waals surface area contributed by atoms with Crippen LogP contribution in [0.25, 0.3) is 6.08 Å². The molecule has 0 unspecified atom stereocenters. The van der Waals surface area contributed by atoms with E-state index in [2.05, 4.69) is 5.32 Å². The van der Waals surface area contributed by atoms with E-state index in [0.29, 0.717) is 6.54 Å². The minimum Gasteiger partial charge on any atom is -0.351 e. The highest BCUT2D eigenvalue weighted by molar-refractivity contribution is 6.01. The molecule has 1 N–H and O–H groups in total. The summed E-state index contributed by atoms with van der Waals surface area (Å²) in [5, 5.41) is 11.8. The third-order valence-electron chi connectivity index (χ3n) is 2.94. The van der Waals surface area contributed by atoms with Crippen molar-refractivity contribution in [3.63, 3.8) is 0 Å². The molecular weight excluding hydrogens is 250 g/mol. The third-order valence-corrected chi connectivity index (χ3v) is 2.94. The molecule has 0 spiro atoms. The molecule has 2 aromatic rings. The first-order chi connectivity index (χ1) is 9.70. The number of rotatable bonds is 4. The minimum absolute atomic E-state index is 0.0998. The zero-order chi connectivity index (χ0) is 14.4. The molecule has 0 radical (unpaired) electrons. The first-order valence-corrected chi connectivity index (χ1v) is 6.26. The van der Waals surface area contributed by atoms with Crippen molar-refractivity contribution in [2.45, 2.75) is 6.54 Å². The van der Waals surface area contributed by atoms with Crippen LogP contribution in [0.1, 0.15) is 11.3 Å². The van der Waals surface area contributed by atoms with Gasteiger partial charge in [0, 0.05) is 25.5 Å². The Labute approximate surface area is 118 Å². The van der Waals surface area contributed by atoms with Crippen molar-refractivity contribution < 1.29 is 4.79 Å². The number of nitrogens with zero attached hydrogens (tertiary/aromatic N) is 2. The van der Waals surface area contributed by atoms with Gasteiger partial charge in [-0.3, -0.25) is 4.79 Å². The molecule has 1 aromatic heterocycles. The maximum atomic E-state index is 12.0. The number of benzene rings is 1. The van der Waals surface area contributed by atoms with E-state index in [9.17, 15) is 4.79 Å². The van der Waals surface area contributed by atoms with Gasteiger partial charge >= 0.3 is 0 Å². The maximum absolute atomic E-state index is 12.0. The monoisotopic (exact) mass is 265 g/mol. The zero-order valence-corrected chi connectivity index (χ0v) is 11.2. The normalized spacial score (nSPS) is 10.9. The third kappa shape index (κ3) is 3.36. The molecule has 0 aliphatic carbocycles. The molecule has 20 heavy (non-hydrogen) atoms. The number of hydrogen-bond acceptors (Lipinski definition) is 2. The first-order valence-electron chi connectivity index (χ1n) is 6.26. The SMILES string of the molecule is Cn1cccc1/C=C(/C#N)C(=O)NCc1ccccc1. The van der Waals surface area contributed by atoms with E-state index in [1.54, 1.807) is 6.08 Å². The average Bonchev–Trinajstić information content (AvgIpc) is 2.88. The Hall–Kier alpha value is -2.80. The van der Waals surface area contributed by atoms with Crippen molar-refractivity contribution >= 4 is 12.0 Å². The van der Waals surface area contributed by atoms with Gasteiger partial charge in [0.15, 0.2) is 0 Å². The number of nitrogens with one attached hydrogen (secondary N) is 1. The van der Waals surface area contributed by atoms with Gasteiger partial charge in [-0.2, -0.15) is 5.26 Å². The molecule has 0 fully saturated rings. The smallest absolute Gasteiger partial charge is 0.262 e. The van der Waals surface area contributed by atoms with E-state index in [0.717, 1.165) is 11.3 Å². The van der Waals surface area contributed by atoms with Gasteiger partial charge in [0.25, 0.3) is 5.91 Å². The van der Waals surface area contributed by atoms with Crippen LogP contribution in [-0.4, -0.2) is 10.5 Å². The van der Waals surface area contributed by atoms with E-state index >= 15 is 0 Å². The molecular formula is C16H15N3O. The molecule has 2 rings (SSSR count). The predicted molar refractivity (Wildman–Crippen MR) is 77.3 cm³/mol. The number of hydrogen-bond donors (Lipinski definition) is 1. The van der Waals surface area contributed by atoms with Gasteiger partial charge in [0.05, 0.1) is 0 Å². The second-order valence-corrected chi connectivity index (χ2v) is 4.38. The molecule has 0 bridgehead atoms. The van der Waals surface area contributed by atoms with Crippen LogP contribution in [0, 0.1) is 11.3 Å². The Morgan fingerprint density at radius 1 is 1.30 bits per heavy atom.